The molecule has 0 atom stereocenters. The Balaban J connectivity index is 0.000000185. The summed E-state index contributed by atoms with van der Waals surface area (Å²) in [6.07, 6.45) is 4.26. The van der Waals surface area contributed by atoms with Gasteiger partial charge in [-0.25, -0.2) is 48.3 Å². The smallest absolute Gasteiger partial charge is 0.339 e. The molecule has 0 saturated heterocycles. The van der Waals surface area contributed by atoms with Gasteiger partial charge in [0, 0.05) is 7.05 Å². The van der Waals surface area contributed by atoms with Crippen LogP contribution in [0.3, 0.4) is 0 Å². The van der Waals surface area contributed by atoms with Gasteiger partial charge in [-0.05, 0) is 121 Å². The number of carbonyl (C=O) groups is 3. The molecule has 6 N–H and O–H groups in total. The van der Waals surface area contributed by atoms with E-state index in [4.69, 9.17) is 32.8 Å². The molecule has 386 valence electrons. The molecule has 0 radical (unpaired) electrons. The minimum absolute atomic E-state index is 0.0313. The molecule has 1 amide bonds. The molecule has 0 unspecified atom stereocenters. The van der Waals surface area contributed by atoms with E-state index in [1.807, 2.05) is 60.7 Å². The molecule has 0 fully saturated rings. The molecule has 0 bridgehead atoms. The highest BCUT2D eigenvalue weighted by Crippen LogP contribution is 2.29. The van der Waals surface area contributed by atoms with Gasteiger partial charge in [0.15, 0.2) is 28.7 Å². The zero-order valence-corrected chi connectivity index (χ0v) is 41.6. The van der Waals surface area contributed by atoms with Crippen LogP contribution in [0.25, 0.3) is 56.0 Å². The fourth-order valence-corrected chi connectivity index (χ4v) is 7.82. The molecule has 0 aliphatic heterocycles. The van der Waals surface area contributed by atoms with E-state index in [1.165, 1.54) is 56.2 Å². The minimum atomic E-state index is -1.10. The van der Waals surface area contributed by atoms with Crippen LogP contribution in [0.15, 0.2) is 186 Å². The number of benzene rings is 6. The van der Waals surface area contributed by atoms with E-state index in [0.29, 0.717) is 68.0 Å². The topological polar surface area (TPSA) is 288 Å². The highest BCUT2D eigenvalue weighted by Gasteiger charge is 2.23. The summed E-state index contributed by atoms with van der Waals surface area (Å²) in [7, 11) is 1.50. The van der Waals surface area contributed by atoms with Gasteiger partial charge in [0.25, 0.3) is 0 Å². The van der Waals surface area contributed by atoms with Gasteiger partial charge >= 0.3 is 17.3 Å². The number of Topliss-reactive ketones (excluding diaryl/α,β-unsaturated/α-hetero) is 1. The number of allylic oxidation sites excluding steroid dienone is 1. The van der Waals surface area contributed by atoms with Crippen molar-refractivity contribution in [3.63, 3.8) is 0 Å². The third-order valence-corrected chi connectivity index (χ3v) is 11.5. The first-order chi connectivity index (χ1) is 37.8. The Bertz CT molecular complexity index is 4080. The number of aromatic carboxylic acids is 1. The van der Waals surface area contributed by atoms with E-state index in [9.17, 15) is 29.1 Å². The zero-order chi connectivity index (χ0) is 55.3. The van der Waals surface area contributed by atoms with Gasteiger partial charge in [-0.1, -0.05) is 61.5 Å². The first-order valence-electron chi connectivity index (χ1n) is 23.6. The second kappa shape index (κ2) is 24.1. The number of nitrogens with two attached hydrogens (primary N) is 2. The lowest BCUT2D eigenvalue weighted by atomic mass is 10.1. The highest BCUT2D eigenvalue weighted by molar-refractivity contribution is 6.01. The van der Waals surface area contributed by atoms with Crippen LogP contribution < -0.4 is 37.6 Å². The van der Waals surface area contributed by atoms with Gasteiger partial charge in [0.1, 0.15) is 53.1 Å². The molecular weight excluding hydrogens is 995 g/mol. The predicted octanol–water partition coefficient (Wildman–Crippen LogP) is 8.48. The van der Waals surface area contributed by atoms with Crippen LogP contribution in [0.1, 0.15) is 35.7 Å². The number of nitrogen functional groups attached to an aromatic ring is 2. The van der Waals surface area contributed by atoms with Crippen molar-refractivity contribution in [2.45, 2.75) is 19.8 Å². The monoisotopic (exact) mass is 1040 g/mol. The fraction of sp³-hybridized carbons (Fsp3) is 0.0702. The molecule has 4 heterocycles. The third kappa shape index (κ3) is 11.7. The lowest BCUT2D eigenvalue weighted by Crippen LogP contribution is -2.22. The molecule has 0 aliphatic carbocycles. The molecule has 6 aromatic carbocycles. The van der Waals surface area contributed by atoms with Crippen molar-refractivity contribution in [1.82, 2.24) is 43.5 Å². The van der Waals surface area contributed by atoms with Crippen molar-refractivity contribution in [3.8, 4) is 51.8 Å². The Hall–Kier alpha value is -11.5. The molecule has 0 saturated carbocycles. The number of amides is 1. The van der Waals surface area contributed by atoms with Gasteiger partial charge in [0.05, 0.1) is 41.0 Å². The maximum atomic E-state index is 13.8. The number of carbonyl (C=O) groups excluding carboxylic acids is 2. The van der Waals surface area contributed by atoms with Crippen LogP contribution >= 0.6 is 0 Å². The number of hydrogen-bond donors (Lipinski definition) is 4. The van der Waals surface area contributed by atoms with Gasteiger partial charge in [0.2, 0.25) is 11.6 Å². The van der Waals surface area contributed by atoms with E-state index in [-0.39, 0.29) is 53.1 Å². The highest BCUT2D eigenvalue weighted by atomic mass is 16.5. The number of carboxylic acid groups (broad SMARTS) is 1. The van der Waals surface area contributed by atoms with Crippen LogP contribution in [0.2, 0.25) is 0 Å². The summed E-state index contributed by atoms with van der Waals surface area (Å²) in [4.78, 5) is 81.0. The second-order valence-corrected chi connectivity index (χ2v) is 16.5. The fourth-order valence-electron chi connectivity index (χ4n) is 7.82. The molecule has 0 spiro atoms. The van der Waals surface area contributed by atoms with E-state index >= 15 is 0 Å². The summed E-state index contributed by atoms with van der Waals surface area (Å²) in [5.74, 6) is 1.28. The van der Waals surface area contributed by atoms with Crippen molar-refractivity contribution >= 4 is 57.7 Å². The number of ketones is 1. The largest absolute Gasteiger partial charge is 0.478 e. The van der Waals surface area contributed by atoms with Gasteiger partial charge < -0.3 is 36.2 Å². The first kappa shape index (κ1) is 52.9. The Morgan fingerprint density at radius 3 is 1.53 bits per heavy atom. The SMILES string of the molecule is CNC(=O)CC#N.Nc1ncnc2c1n(-c1ccc(Oc3ccccc3)cc1)c(=O)n2-c1cccc(C(=O)O)c1.[C-]#[N+]/C(=C\c1cccc(-n2c(=O)n(-c3ccc(Oc4ccccc4)cc3)c3c(N)ncnc32)c1)C(=O)CC. The summed E-state index contributed by atoms with van der Waals surface area (Å²) >= 11 is 0. The number of imidazole rings is 2. The standard InChI is InChI=1S/C29H22N6O3.C24H17N5O4.C4H6N2O/c1-3-25(36)24(31-2)17-19-8-7-9-21(16-19)35-28-26(27(30)32-18-33-28)34(29(35)37)20-12-14-23(15-13-20)38-22-10-5-4-6-11-22;25-21-20-22(27-14-26-21)29(17-6-4-5-15(13-17)23(30)31)24(32)28(20)16-9-11-19(12-10-16)33-18-7-2-1-3-8-18;1-6-4(7)2-3-5/h4-18H,3H2,1H3,(H2,30,32,33);1-14H,(H,30,31)(H2,25,26,27);2H2,1H3,(H,6,7)/b24-17-;;. The normalized spacial score (nSPS) is 10.7. The lowest BCUT2D eigenvalue weighted by Gasteiger charge is -2.08. The molecular formula is C57H45N13O8. The Kier molecular flexibility index (Phi) is 16.3. The lowest BCUT2D eigenvalue weighted by molar-refractivity contribution is -0.119. The summed E-state index contributed by atoms with van der Waals surface area (Å²) in [5.41, 5.74) is 15.4. The van der Waals surface area contributed by atoms with Crippen LogP contribution in [-0.4, -0.2) is 68.0 Å². The van der Waals surface area contributed by atoms with Gasteiger partial charge in [-0.15, -0.1) is 0 Å². The molecule has 10 rings (SSSR count). The predicted molar refractivity (Wildman–Crippen MR) is 292 cm³/mol. The first-order valence-corrected chi connectivity index (χ1v) is 23.6. The van der Waals surface area contributed by atoms with Gasteiger partial charge in [-0.2, -0.15) is 5.26 Å². The molecule has 78 heavy (non-hydrogen) atoms. The van der Waals surface area contributed by atoms with Crippen LogP contribution in [-0.2, 0) is 9.59 Å². The van der Waals surface area contributed by atoms with Crippen LogP contribution in [0.5, 0.6) is 23.0 Å². The number of fused-ring (bicyclic) bond motifs is 2. The Morgan fingerprint density at radius 1 is 0.641 bits per heavy atom. The quantitative estimate of drug-likeness (QED) is 0.0622. The summed E-state index contributed by atoms with van der Waals surface area (Å²) in [5, 5.41) is 19.5. The number of aromatic nitrogens is 8. The zero-order valence-electron chi connectivity index (χ0n) is 41.6. The van der Waals surface area contributed by atoms with Crippen molar-refractivity contribution in [3.05, 3.63) is 220 Å². The maximum Gasteiger partial charge on any atom is 0.339 e. The number of para-hydroxylation sites is 2. The van der Waals surface area contributed by atoms with Crippen molar-refractivity contribution < 1.29 is 29.0 Å². The summed E-state index contributed by atoms with van der Waals surface area (Å²) in [6.45, 7) is 9.05. The van der Waals surface area contributed by atoms with E-state index in [1.54, 1.807) is 97.9 Å². The number of nitrogens with one attached hydrogen (secondary N) is 1. The Labute approximate surface area is 443 Å². The van der Waals surface area contributed by atoms with Crippen molar-refractivity contribution in [2.75, 3.05) is 18.5 Å². The van der Waals surface area contributed by atoms with Gasteiger partial charge in [-0.3, -0.25) is 13.9 Å². The van der Waals surface area contributed by atoms with Crippen LogP contribution in [0, 0.1) is 17.9 Å². The molecule has 21 nitrogen and oxygen atoms in total. The van der Waals surface area contributed by atoms with E-state index in [2.05, 4.69) is 30.1 Å². The number of anilines is 2. The number of carboxylic acids is 1. The average molecular weight is 1040 g/mol. The molecule has 0 aliphatic rings. The van der Waals surface area contributed by atoms with E-state index in [0.717, 1.165) is 0 Å². The second-order valence-electron chi connectivity index (χ2n) is 16.5. The minimum Gasteiger partial charge on any atom is -0.478 e. The van der Waals surface area contributed by atoms with E-state index < -0.39 is 17.3 Å². The number of nitrogens with zero attached hydrogens (tertiary/aromatic N) is 10. The maximum absolute atomic E-state index is 13.8. The van der Waals surface area contributed by atoms with Crippen molar-refractivity contribution in [2.24, 2.45) is 0 Å². The average Bonchev–Trinajstić information content (AvgIpc) is 4.19. The number of hydrogen-bond acceptors (Lipinski definition) is 14. The summed E-state index contributed by atoms with van der Waals surface area (Å²) in [6, 6.07) is 47.4. The number of rotatable bonds is 13. The van der Waals surface area contributed by atoms with Crippen LogP contribution in [0.4, 0.5) is 11.6 Å². The number of ether oxygens (including phenoxy) is 2. The molecule has 21 heteroatoms. The summed E-state index contributed by atoms with van der Waals surface area (Å²) < 4.78 is 17.3. The molecule has 4 aromatic heterocycles. The van der Waals surface area contributed by atoms with Crippen molar-refractivity contribution in [1.29, 1.82) is 5.26 Å². The number of nitriles is 1. The third-order valence-electron chi connectivity index (χ3n) is 11.5. The Morgan fingerprint density at radius 2 is 1.10 bits per heavy atom. The molecule has 10 aromatic rings.